The lowest BCUT2D eigenvalue weighted by molar-refractivity contribution is -0.149. The van der Waals surface area contributed by atoms with Gasteiger partial charge in [0.1, 0.15) is 0 Å². The average molecular weight is 252 g/mol. The Labute approximate surface area is 105 Å². The minimum absolute atomic E-state index is 0.208. The molecule has 0 aliphatic carbocycles. The van der Waals surface area contributed by atoms with Crippen molar-refractivity contribution in [2.24, 2.45) is 5.92 Å². The minimum Gasteiger partial charge on any atom is -0.466 e. The number of likely N-dealkylation sites (tertiary alicyclic amines) is 1. The number of ether oxygens (including phenoxy) is 1. The summed E-state index contributed by atoms with van der Waals surface area (Å²) >= 11 is 0. The van der Waals surface area contributed by atoms with Crippen LogP contribution in [0.2, 0.25) is 0 Å². The lowest BCUT2D eigenvalue weighted by Gasteiger charge is -2.30. The smallest absolute Gasteiger partial charge is 0.310 e. The number of amides is 1. The largest absolute Gasteiger partial charge is 0.466 e. The summed E-state index contributed by atoms with van der Waals surface area (Å²) in [6, 6.07) is 1.52. The Morgan fingerprint density at radius 1 is 1.61 bits per heavy atom. The van der Waals surface area contributed by atoms with Crippen LogP contribution in [0, 0.1) is 5.92 Å². The van der Waals surface area contributed by atoms with Gasteiger partial charge in [-0.05, 0) is 19.8 Å². The molecule has 1 amide bonds. The van der Waals surface area contributed by atoms with Gasteiger partial charge in [0.05, 0.1) is 18.7 Å². The predicted octanol–water partition coefficient (Wildman–Crippen LogP) is 1.09. The van der Waals surface area contributed by atoms with Crippen molar-refractivity contribution >= 4 is 11.9 Å². The molecule has 0 bridgehead atoms. The normalized spacial score (nSPS) is 19.6. The maximum Gasteiger partial charge on any atom is 0.310 e. The van der Waals surface area contributed by atoms with Crippen LogP contribution >= 0.6 is 0 Å². The number of nitrogens with zero attached hydrogens (tertiary/aromatic N) is 2. The molecular weight excluding hydrogens is 236 g/mol. The Morgan fingerprint density at radius 2 is 2.44 bits per heavy atom. The van der Waals surface area contributed by atoms with Gasteiger partial charge in [-0.25, -0.2) is 0 Å². The van der Waals surface area contributed by atoms with E-state index in [0.29, 0.717) is 19.7 Å². The summed E-state index contributed by atoms with van der Waals surface area (Å²) in [4.78, 5) is 25.3. The number of hydrogen-bond acceptors (Lipinski definition) is 5. The topological polar surface area (TPSA) is 72.6 Å². The quantitative estimate of drug-likeness (QED) is 0.753. The summed E-state index contributed by atoms with van der Waals surface area (Å²) in [5.74, 6) is -0.473. The van der Waals surface area contributed by atoms with Crippen LogP contribution in [0.4, 0.5) is 0 Å². The molecule has 1 aliphatic rings. The van der Waals surface area contributed by atoms with E-state index < -0.39 is 0 Å². The van der Waals surface area contributed by atoms with E-state index in [4.69, 9.17) is 9.26 Å². The molecule has 1 fully saturated rings. The average Bonchev–Trinajstić information content (AvgIpc) is 2.92. The number of rotatable bonds is 3. The molecule has 1 aliphatic heterocycles. The van der Waals surface area contributed by atoms with Crippen molar-refractivity contribution in [3.05, 3.63) is 18.0 Å². The molecule has 6 nitrogen and oxygen atoms in total. The zero-order valence-corrected chi connectivity index (χ0v) is 10.3. The Kier molecular flexibility index (Phi) is 3.96. The number of carbonyl (C=O) groups is 2. The number of hydrogen-bond donors (Lipinski definition) is 0. The van der Waals surface area contributed by atoms with Crippen LogP contribution in [-0.4, -0.2) is 41.6 Å². The zero-order valence-electron chi connectivity index (χ0n) is 10.3. The third kappa shape index (κ3) is 2.69. The third-order valence-corrected chi connectivity index (χ3v) is 2.98. The Morgan fingerprint density at radius 3 is 3.11 bits per heavy atom. The molecule has 0 radical (unpaired) electrons. The molecule has 1 aromatic heterocycles. The van der Waals surface area contributed by atoms with Crippen molar-refractivity contribution < 1.29 is 18.8 Å². The number of esters is 1. The number of piperidine rings is 1. The van der Waals surface area contributed by atoms with Crippen LogP contribution < -0.4 is 0 Å². The monoisotopic (exact) mass is 252 g/mol. The van der Waals surface area contributed by atoms with Crippen LogP contribution in [0.1, 0.15) is 30.3 Å². The third-order valence-electron chi connectivity index (χ3n) is 2.98. The molecule has 2 rings (SSSR count). The molecule has 1 aromatic rings. The van der Waals surface area contributed by atoms with Crippen molar-refractivity contribution in [1.29, 1.82) is 0 Å². The summed E-state index contributed by atoms with van der Waals surface area (Å²) in [5, 5.41) is 3.51. The molecule has 0 saturated carbocycles. The van der Waals surface area contributed by atoms with Crippen molar-refractivity contribution in [3.63, 3.8) is 0 Å². The van der Waals surface area contributed by atoms with Gasteiger partial charge in [-0.2, -0.15) is 0 Å². The van der Waals surface area contributed by atoms with Gasteiger partial charge in [0.25, 0.3) is 5.91 Å². The summed E-state index contributed by atoms with van der Waals surface area (Å²) in [6.07, 6.45) is 2.99. The maximum atomic E-state index is 12.0. The molecule has 1 unspecified atom stereocenters. The summed E-state index contributed by atoms with van der Waals surface area (Å²) < 4.78 is 9.82. The van der Waals surface area contributed by atoms with E-state index in [9.17, 15) is 9.59 Å². The van der Waals surface area contributed by atoms with Crippen molar-refractivity contribution in [2.75, 3.05) is 19.7 Å². The van der Waals surface area contributed by atoms with Gasteiger partial charge >= 0.3 is 5.97 Å². The molecule has 1 saturated heterocycles. The van der Waals surface area contributed by atoms with E-state index in [-0.39, 0.29) is 23.6 Å². The van der Waals surface area contributed by atoms with Crippen LogP contribution in [0.5, 0.6) is 0 Å². The molecule has 0 aromatic carbocycles. The molecule has 0 N–H and O–H groups in total. The molecular formula is C12H16N2O4. The number of aromatic nitrogens is 1. The highest BCUT2D eigenvalue weighted by Gasteiger charge is 2.30. The fourth-order valence-corrected chi connectivity index (χ4v) is 2.10. The lowest BCUT2D eigenvalue weighted by Crippen LogP contribution is -2.42. The van der Waals surface area contributed by atoms with Gasteiger partial charge in [-0.15, -0.1) is 0 Å². The van der Waals surface area contributed by atoms with Crippen molar-refractivity contribution in [3.8, 4) is 0 Å². The number of carbonyl (C=O) groups excluding carboxylic acids is 2. The van der Waals surface area contributed by atoms with Gasteiger partial charge < -0.3 is 14.2 Å². The highest BCUT2D eigenvalue weighted by atomic mass is 16.5. The summed E-state index contributed by atoms with van der Waals surface area (Å²) in [7, 11) is 0. The highest BCUT2D eigenvalue weighted by Crippen LogP contribution is 2.19. The first-order valence-corrected chi connectivity index (χ1v) is 6.09. The van der Waals surface area contributed by atoms with Gasteiger partial charge in [0.2, 0.25) is 5.76 Å². The SMILES string of the molecule is CCOC(=O)C1CCCN(C(=O)c2ccno2)C1. The van der Waals surface area contributed by atoms with Crippen LogP contribution in [0.15, 0.2) is 16.8 Å². The van der Waals surface area contributed by atoms with E-state index >= 15 is 0 Å². The van der Waals surface area contributed by atoms with E-state index in [1.54, 1.807) is 11.8 Å². The second-order valence-electron chi connectivity index (χ2n) is 4.22. The van der Waals surface area contributed by atoms with Gasteiger partial charge in [-0.3, -0.25) is 9.59 Å². The van der Waals surface area contributed by atoms with E-state index in [1.165, 1.54) is 12.3 Å². The first-order chi connectivity index (χ1) is 8.72. The molecule has 2 heterocycles. The first kappa shape index (κ1) is 12.6. The van der Waals surface area contributed by atoms with E-state index in [1.807, 2.05) is 0 Å². The van der Waals surface area contributed by atoms with E-state index in [2.05, 4.69) is 5.16 Å². The van der Waals surface area contributed by atoms with Crippen LogP contribution in [0.25, 0.3) is 0 Å². The van der Waals surface area contributed by atoms with Crippen LogP contribution in [0.3, 0.4) is 0 Å². The summed E-state index contributed by atoms with van der Waals surface area (Å²) in [5.41, 5.74) is 0. The first-order valence-electron chi connectivity index (χ1n) is 6.09. The molecule has 0 spiro atoms. The molecule has 6 heteroatoms. The standard InChI is InChI=1S/C12H16N2O4/c1-2-17-12(16)9-4-3-7-14(8-9)11(15)10-5-6-13-18-10/h5-6,9H,2-4,7-8H2,1H3. The Bertz CT molecular complexity index is 416. The van der Waals surface area contributed by atoms with Crippen molar-refractivity contribution in [1.82, 2.24) is 10.1 Å². The van der Waals surface area contributed by atoms with Gasteiger partial charge in [0, 0.05) is 19.2 Å². The minimum atomic E-state index is -0.231. The Balaban J connectivity index is 1.98. The van der Waals surface area contributed by atoms with Crippen molar-refractivity contribution in [2.45, 2.75) is 19.8 Å². The highest BCUT2D eigenvalue weighted by molar-refractivity contribution is 5.91. The molecule has 98 valence electrons. The predicted molar refractivity (Wildman–Crippen MR) is 61.8 cm³/mol. The van der Waals surface area contributed by atoms with Gasteiger partial charge in [-0.1, -0.05) is 5.16 Å². The Hall–Kier alpha value is -1.85. The molecule has 1 atom stereocenters. The van der Waals surface area contributed by atoms with Gasteiger partial charge in [0.15, 0.2) is 0 Å². The van der Waals surface area contributed by atoms with E-state index in [0.717, 1.165) is 12.8 Å². The zero-order chi connectivity index (χ0) is 13.0. The fraction of sp³-hybridized carbons (Fsp3) is 0.583. The lowest BCUT2D eigenvalue weighted by atomic mass is 9.98. The molecule has 18 heavy (non-hydrogen) atoms. The summed E-state index contributed by atoms with van der Waals surface area (Å²) in [6.45, 7) is 3.16. The second-order valence-corrected chi connectivity index (χ2v) is 4.22. The van der Waals surface area contributed by atoms with Crippen LogP contribution in [-0.2, 0) is 9.53 Å². The maximum absolute atomic E-state index is 12.0. The fourth-order valence-electron chi connectivity index (χ4n) is 2.10. The second kappa shape index (κ2) is 5.66.